The van der Waals surface area contributed by atoms with Crippen molar-refractivity contribution in [3.8, 4) is 0 Å². The Balaban J connectivity index is 1.56. The van der Waals surface area contributed by atoms with E-state index in [9.17, 15) is 0 Å². The summed E-state index contributed by atoms with van der Waals surface area (Å²) in [4.78, 5) is 3.64. The third kappa shape index (κ3) is 3.36. The molecule has 25 heavy (non-hydrogen) atoms. The summed E-state index contributed by atoms with van der Waals surface area (Å²) in [6, 6.07) is 16.2. The first kappa shape index (κ1) is 16.7. The van der Waals surface area contributed by atoms with Gasteiger partial charge in [0.1, 0.15) is 0 Å². The van der Waals surface area contributed by atoms with Gasteiger partial charge in [-0.3, -0.25) is 5.32 Å². The number of thioether (sulfide) groups is 1. The molecule has 1 heterocycles. The lowest BCUT2D eigenvalue weighted by Gasteiger charge is -2.28. The van der Waals surface area contributed by atoms with Crippen molar-refractivity contribution < 1.29 is 0 Å². The van der Waals surface area contributed by atoms with Crippen LogP contribution in [0.5, 0.6) is 0 Å². The Morgan fingerprint density at radius 1 is 1.08 bits per heavy atom. The van der Waals surface area contributed by atoms with Crippen LogP contribution >= 0.6 is 11.8 Å². The first-order chi connectivity index (χ1) is 12.1. The second-order valence-corrected chi connectivity index (χ2v) is 8.21. The molecule has 1 aliphatic carbocycles. The molecular weight excluding hydrogens is 324 g/mol. The van der Waals surface area contributed by atoms with Gasteiger partial charge >= 0.3 is 0 Å². The van der Waals surface area contributed by atoms with Gasteiger partial charge in [0.25, 0.3) is 0 Å². The molecule has 0 amide bonds. The Morgan fingerprint density at radius 3 is 2.60 bits per heavy atom. The Hall–Kier alpha value is -1.71. The van der Waals surface area contributed by atoms with Crippen LogP contribution in [0, 0.1) is 13.8 Å². The van der Waals surface area contributed by atoms with E-state index in [2.05, 4.69) is 72.9 Å². The van der Waals surface area contributed by atoms with Gasteiger partial charge in [-0.2, -0.15) is 0 Å². The zero-order valence-corrected chi connectivity index (χ0v) is 16.0. The number of hydrogen-bond acceptors (Lipinski definition) is 2. The standard InChI is InChI=1S/C22H26N2S/c1-14-4-7-16(8-5-14)22(25-3)23-17-9-11-21-19(13-17)18-12-15(2)6-10-20(18)24-21/h4-8,10,12,17,22-24H,9,11,13H2,1-3H3. The fourth-order valence-corrected chi connectivity index (χ4v) is 4.69. The lowest BCUT2D eigenvalue weighted by Crippen LogP contribution is -2.36. The number of rotatable bonds is 4. The second kappa shape index (κ2) is 6.89. The molecule has 4 rings (SSSR count). The van der Waals surface area contributed by atoms with Gasteiger partial charge in [0.05, 0.1) is 5.37 Å². The van der Waals surface area contributed by atoms with Crippen LogP contribution < -0.4 is 5.32 Å². The quantitative estimate of drug-likeness (QED) is 0.625. The minimum absolute atomic E-state index is 0.360. The van der Waals surface area contributed by atoms with Crippen LogP contribution in [0.25, 0.3) is 10.9 Å². The maximum absolute atomic E-state index is 3.90. The molecule has 2 unspecified atom stereocenters. The van der Waals surface area contributed by atoms with E-state index in [-0.39, 0.29) is 0 Å². The Kier molecular flexibility index (Phi) is 4.61. The van der Waals surface area contributed by atoms with Crippen LogP contribution in [0.2, 0.25) is 0 Å². The molecule has 0 spiro atoms. The van der Waals surface area contributed by atoms with Crippen LogP contribution in [0.15, 0.2) is 42.5 Å². The van der Waals surface area contributed by atoms with E-state index < -0.39 is 0 Å². The fourth-order valence-electron chi connectivity index (χ4n) is 3.93. The molecule has 1 aromatic heterocycles. The van der Waals surface area contributed by atoms with E-state index in [1.54, 1.807) is 0 Å². The Morgan fingerprint density at radius 2 is 1.84 bits per heavy atom. The number of aryl methyl sites for hydroxylation is 3. The van der Waals surface area contributed by atoms with E-state index in [0.717, 1.165) is 12.8 Å². The number of fused-ring (bicyclic) bond motifs is 3. The van der Waals surface area contributed by atoms with E-state index in [4.69, 9.17) is 0 Å². The molecule has 2 N–H and O–H groups in total. The molecule has 2 aromatic carbocycles. The van der Waals surface area contributed by atoms with Crippen LogP contribution in [0.4, 0.5) is 0 Å². The molecule has 0 radical (unpaired) electrons. The summed E-state index contributed by atoms with van der Waals surface area (Å²) < 4.78 is 0. The van der Waals surface area contributed by atoms with E-state index >= 15 is 0 Å². The number of nitrogens with one attached hydrogen (secondary N) is 2. The normalized spacial score (nSPS) is 18.3. The van der Waals surface area contributed by atoms with E-state index in [0.29, 0.717) is 11.4 Å². The van der Waals surface area contributed by atoms with Gasteiger partial charge in [-0.1, -0.05) is 41.5 Å². The Labute approximate surface area is 154 Å². The number of H-pyrrole nitrogens is 1. The van der Waals surface area contributed by atoms with E-state index in [1.165, 1.54) is 45.3 Å². The largest absolute Gasteiger partial charge is 0.358 e. The van der Waals surface area contributed by atoms with Crippen LogP contribution in [0.1, 0.15) is 39.7 Å². The summed E-state index contributed by atoms with van der Waals surface area (Å²) in [5.74, 6) is 0. The molecule has 2 nitrogen and oxygen atoms in total. The summed E-state index contributed by atoms with van der Waals surface area (Å²) >= 11 is 1.89. The summed E-state index contributed by atoms with van der Waals surface area (Å²) in [5, 5.41) is 5.68. The molecule has 3 aromatic rings. The number of benzene rings is 2. The predicted octanol–water partition coefficient (Wildman–Crippen LogP) is 5.29. The molecular formula is C22H26N2S. The average molecular weight is 351 g/mol. The maximum atomic E-state index is 3.90. The van der Waals surface area contributed by atoms with E-state index in [1.807, 2.05) is 11.8 Å². The molecule has 2 atom stereocenters. The van der Waals surface area contributed by atoms with Gasteiger partial charge in [-0.05, 0) is 62.6 Å². The summed E-state index contributed by atoms with van der Waals surface area (Å²) in [7, 11) is 0. The molecule has 0 bridgehead atoms. The minimum atomic E-state index is 0.360. The van der Waals surface area contributed by atoms with Crippen LogP contribution in [0.3, 0.4) is 0 Å². The molecule has 0 aliphatic heterocycles. The highest BCUT2D eigenvalue weighted by atomic mass is 32.2. The molecule has 0 fully saturated rings. The SMILES string of the molecule is CSC(NC1CCc2[nH]c3ccc(C)cc3c2C1)c1ccc(C)cc1. The molecule has 0 saturated heterocycles. The van der Waals surface area contributed by atoms with Crippen molar-refractivity contribution in [1.29, 1.82) is 0 Å². The smallest absolute Gasteiger partial charge is 0.0788 e. The minimum Gasteiger partial charge on any atom is -0.358 e. The fraction of sp³-hybridized carbons (Fsp3) is 0.364. The summed E-state index contributed by atoms with van der Waals surface area (Å²) in [5.41, 5.74) is 8.28. The van der Waals surface area contributed by atoms with Crippen molar-refractivity contribution in [3.63, 3.8) is 0 Å². The van der Waals surface area contributed by atoms with Gasteiger partial charge in [-0.15, -0.1) is 11.8 Å². The third-order valence-corrected chi connectivity index (χ3v) is 6.23. The predicted molar refractivity (Wildman–Crippen MR) is 109 cm³/mol. The van der Waals surface area contributed by atoms with Gasteiger partial charge in [0.15, 0.2) is 0 Å². The van der Waals surface area contributed by atoms with Gasteiger partial charge in [0, 0.05) is 22.6 Å². The lowest BCUT2D eigenvalue weighted by atomic mass is 9.91. The first-order valence-corrected chi connectivity index (χ1v) is 10.4. The highest BCUT2D eigenvalue weighted by Crippen LogP contribution is 2.32. The first-order valence-electron chi connectivity index (χ1n) is 9.09. The average Bonchev–Trinajstić information content (AvgIpc) is 2.98. The number of aromatic nitrogens is 1. The van der Waals surface area contributed by atoms with Crippen LogP contribution in [-0.4, -0.2) is 17.3 Å². The molecule has 3 heteroatoms. The third-order valence-electron chi connectivity index (χ3n) is 5.35. The van der Waals surface area contributed by atoms with Crippen molar-refractivity contribution in [2.45, 2.75) is 44.5 Å². The summed E-state index contributed by atoms with van der Waals surface area (Å²) in [6.07, 6.45) is 5.64. The number of hydrogen-bond donors (Lipinski definition) is 2. The lowest BCUT2D eigenvalue weighted by molar-refractivity contribution is 0.452. The van der Waals surface area contributed by atoms with Gasteiger partial charge < -0.3 is 4.98 Å². The zero-order chi connectivity index (χ0) is 17.4. The number of aromatic amines is 1. The molecule has 0 saturated carbocycles. The highest BCUT2D eigenvalue weighted by Gasteiger charge is 2.24. The van der Waals surface area contributed by atoms with Gasteiger partial charge in [-0.25, -0.2) is 0 Å². The van der Waals surface area contributed by atoms with Crippen molar-refractivity contribution >= 4 is 22.7 Å². The van der Waals surface area contributed by atoms with Crippen molar-refractivity contribution in [2.75, 3.05) is 6.26 Å². The van der Waals surface area contributed by atoms with Crippen molar-refractivity contribution in [1.82, 2.24) is 10.3 Å². The second-order valence-electron chi connectivity index (χ2n) is 7.26. The van der Waals surface area contributed by atoms with Crippen molar-refractivity contribution in [2.24, 2.45) is 0 Å². The Bertz CT molecular complexity index is 879. The maximum Gasteiger partial charge on any atom is 0.0788 e. The monoisotopic (exact) mass is 350 g/mol. The zero-order valence-electron chi connectivity index (χ0n) is 15.2. The van der Waals surface area contributed by atoms with Gasteiger partial charge in [0.2, 0.25) is 0 Å². The topological polar surface area (TPSA) is 27.8 Å². The summed E-state index contributed by atoms with van der Waals surface area (Å²) in [6.45, 7) is 4.32. The van der Waals surface area contributed by atoms with Crippen LogP contribution in [-0.2, 0) is 12.8 Å². The molecule has 130 valence electrons. The molecule has 1 aliphatic rings. The van der Waals surface area contributed by atoms with Crippen molar-refractivity contribution in [3.05, 3.63) is 70.4 Å². The highest BCUT2D eigenvalue weighted by molar-refractivity contribution is 7.98.